The van der Waals surface area contributed by atoms with Gasteiger partial charge >= 0.3 is 0 Å². The number of halogens is 2. The molecule has 17 heavy (non-hydrogen) atoms. The van der Waals surface area contributed by atoms with Gasteiger partial charge in [0.25, 0.3) is 0 Å². The minimum atomic E-state index is -0.530. The van der Waals surface area contributed by atoms with Crippen molar-refractivity contribution in [2.45, 2.75) is 20.8 Å². The van der Waals surface area contributed by atoms with Crippen molar-refractivity contribution in [2.24, 2.45) is 0 Å². The molecule has 2 heteroatoms. The second-order valence-corrected chi connectivity index (χ2v) is 4.05. The second kappa shape index (κ2) is 6.14. The zero-order valence-electron chi connectivity index (χ0n) is 10.3. The van der Waals surface area contributed by atoms with Gasteiger partial charge in [0.2, 0.25) is 0 Å². The highest BCUT2D eigenvalue weighted by Gasteiger charge is 1.95. The van der Waals surface area contributed by atoms with Crippen molar-refractivity contribution >= 4 is 0 Å². The smallest absolute Gasteiger partial charge is 0.129 e. The van der Waals surface area contributed by atoms with Gasteiger partial charge in [0.15, 0.2) is 0 Å². The van der Waals surface area contributed by atoms with Gasteiger partial charge in [0.1, 0.15) is 11.6 Å². The molecule has 0 radical (unpaired) electrons. The summed E-state index contributed by atoms with van der Waals surface area (Å²) < 4.78 is 24.4. The molecule has 0 nitrogen and oxygen atoms in total. The van der Waals surface area contributed by atoms with Crippen LogP contribution in [0, 0.1) is 32.4 Å². The van der Waals surface area contributed by atoms with Crippen molar-refractivity contribution in [3.63, 3.8) is 0 Å². The number of benzene rings is 2. The Morgan fingerprint density at radius 2 is 1.18 bits per heavy atom. The predicted octanol–water partition coefficient (Wildman–Crippen LogP) is 4.58. The molecule has 0 N–H and O–H groups in total. The number of hydrogen-bond donors (Lipinski definition) is 0. The SMILES string of the molecule is Cc1ccc(C)cc1.Cc1ccc(F)cc1F. The van der Waals surface area contributed by atoms with Gasteiger partial charge in [0.05, 0.1) is 0 Å². The van der Waals surface area contributed by atoms with Gasteiger partial charge in [-0.2, -0.15) is 0 Å². The van der Waals surface area contributed by atoms with E-state index in [2.05, 4.69) is 38.1 Å². The molecular formula is C15H16F2. The first-order chi connectivity index (χ1) is 7.99. The van der Waals surface area contributed by atoms with E-state index in [1.165, 1.54) is 23.3 Å². The van der Waals surface area contributed by atoms with Crippen LogP contribution in [0.5, 0.6) is 0 Å². The molecule has 0 atom stereocenters. The third-order valence-corrected chi connectivity index (χ3v) is 2.35. The first kappa shape index (κ1) is 13.4. The lowest BCUT2D eigenvalue weighted by Crippen LogP contribution is -1.81. The van der Waals surface area contributed by atoms with Crippen molar-refractivity contribution in [3.8, 4) is 0 Å². The third kappa shape index (κ3) is 4.77. The van der Waals surface area contributed by atoms with E-state index in [1.807, 2.05) is 0 Å². The molecule has 0 saturated heterocycles. The lowest BCUT2D eigenvalue weighted by Gasteiger charge is -1.92. The Kier molecular flexibility index (Phi) is 4.83. The number of aryl methyl sites for hydroxylation is 3. The van der Waals surface area contributed by atoms with Gasteiger partial charge in [-0.1, -0.05) is 41.5 Å². The maximum absolute atomic E-state index is 12.3. The summed E-state index contributed by atoms with van der Waals surface area (Å²) in [6.45, 7) is 5.79. The molecule has 0 spiro atoms. The van der Waals surface area contributed by atoms with E-state index in [4.69, 9.17) is 0 Å². The quantitative estimate of drug-likeness (QED) is 0.626. The summed E-state index contributed by atoms with van der Waals surface area (Å²) in [5, 5.41) is 0. The monoisotopic (exact) mass is 234 g/mol. The van der Waals surface area contributed by atoms with E-state index >= 15 is 0 Å². The van der Waals surface area contributed by atoms with Crippen LogP contribution in [0.25, 0.3) is 0 Å². The van der Waals surface area contributed by atoms with Crippen LogP contribution in [-0.4, -0.2) is 0 Å². The maximum atomic E-state index is 12.3. The Balaban J connectivity index is 0.000000171. The Morgan fingerprint density at radius 3 is 1.53 bits per heavy atom. The molecular weight excluding hydrogens is 218 g/mol. The van der Waals surface area contributed by atoms with Gasteiger partial charge in [-0.3, -0.25) is 0 Å². The first-order valence-corrected chi connectivity index (χ1v) is 5.44. The van der Waals surface area contributed by atoms with Crippen LogP contribution in [0.3, 0.4) is 0 Å². The van der Waals surface area contributed by atoms with E-state index in [0.29, 0.717) is 5.56 Å². The normalized spacial score (nSPS) is 9.47. The average Bonchev–Trinajstić information content (AvgIpc) is 2.29. The fraction of sp³-hybridized carbons (Fsp3) is 0.200. The molecule has 0 aliphatic heterocycles. The van der Waals surface area contributed by atoms with Crippen molar-refractivity contribution in [1.82, 2.24) is 0 Å². The van der Waals surface area contributed by atoms with Crippen molar-refractivity contribution < 1.29 is 8.78 Å². The molecule has 0 aliphatic carbocycles. The molecule has 0 amide bonds. The van der Waals surface area contributed by atoms with Crippen molar-refractivity contribution in [2.75, 3.05) is 0 Å². The number of rotatable bonds is 0. The zero-order valence-corrected chi connectivity index (χ0v) is 10.3. The largest absolute Gasteiger partial charge is 0.207 e. The fourth-order valence-electron chi connectivity index (χ4n) is 1.20. The van der Waals surface area contributed by atoms with Crippen LogP contribution >= 0.6 is 0 Å². The summed E-state index contributed by atoms with van der Waals surface area (Å²) in [5.41, 5.74) is 3.13. The van der Waals surface area contributed by atoms with Crippen LogP contribution < -0.4 is 0 Å². The molecule has 0 heterocycles. The van der Waals surface area contributed by atoms with Crippen LogP contribution in [-0.2, 0) is 0 Å². The van der Waals surface area contributed by atoms with Gasteiger partial charge in [-0.15, -0.1) is 0 Å². The Hall–Kier alpha value is -1.70. The molecule has 0 aromatic heterocycles. The second-order valence-electron chi connectivity index (χ2n) is 4.05. The molecule has 2 rings (SSSR count). The summed E-state index contributed by atoms with van der Waals surface area (Å²) in [4.78, 5) is 0. The van der Waals surface area contributed by atoms with E-state index < -0.39 is 11.6 Å². The number of hydrogen-bond acceptors (Lipinski definition) is 0. The molecule has 0 unspecified atom stereocenters. The van der Waals surface area contributed by atoms with Crippen LogP contribution in [0.1, 0.15) is 16.7 Å². The molecule has 0 aliphatic rings. The zero-order chi connectivity index (χ0) is 12.8. The van der Waals surface area contributed by atoms with Crippen LogP contribution in [0.4, 0.5) is 8.78 Å². The molecule has 0 bridgehead atoms. The molecule has 2 aromatic rings. The summed E-state index contributed by atoms with van der Waals surface area (Å²) in [7, 11) is 0. The topological polar surface area (TPSA) is 0 Å². The summed E-state index contributed by atoms with van der Waals surface area (Å²) in [6, 6.07) is 12.0. The highest BCUT2D eigenvalue weighted by molar-refractivity contribution is 5.19. The van der Waals surface area contributed by atoms with Crippen LogP contribution in [0.2, 0.25) is 0 Å². The van der Waals surface area contributed by atoms with Crippen LogP contribution in [0.15, 0.2) is 42.5 Å². The predicted molar refractivity (Wildman–Crippen MR) is 67.0 cm³/mol. The third-order valence-electron chi connectivity index (χ3n) is 2.35. The minimum absolute atomic E-state index is 0.469. The summed E-state index contributed by atoms with van der Waals surface area (Å²) in [5.74, 6) is -1.02. The molecule has 0 saturated carbocycles. The lowest BCUT2D eigenvalue weighted by atomic mass is 10.2. The van der Waals surface area contributed by atoms with Gasteiger partial charge in [0, 0.05) is 6.07 Å². The van der Waals surface area contributed by atoms with Gasteiger partial charge in [-0.25, -0.2) is 8.78 Å². The lowest BCUT2D eigenvalue weighted by molar-refractivity contribution is 0.577. The van der Waals surface area contributed by atoms with Gasteiger partial charge in [-0.05, 0) is 32.4 Å². The van der Waals surface area contributed by atoms with Gasteiger partial charge < -0.3 is 0 Å². The fourth-order valence-corrected chi connectivity index (χ4v) is 1.20. The maximum Gasteiger partial charge on any atom is 0.129 e. The Morgan fingerprint density at radius 1 is 0.706 bits per heavy atom. The van der Waals surface area contributed by atoms with E-state index in [9.17, 15) is 8.78 Å². The summed E-state index contributed by atoms with van der Waals surface area (Å²) in [6.07, 6.45) is 0. The van der Waals surface area contributed by atoms with E-state index in [-0.39, 0.29) is 0 Å². The average molecular weight is 234 g/mol. The Bertz CT molecular complexity index is 452. The van der Waals surface area contributed by atoms with E-state index in [0.717, 1.165) is 6.07 Å². The highest BCUT2D eigenvalue weighted by atomic mass is 19.1. The Labute approximate surface area is 101 Å². The first-order valence-electron chi connectivity index (χ1n) is 5.44. The van der Waals surface area contributed by atoms with Crippen molar-refractivity contribution in [3.05, 3.63) is 70.8 Å². The molecule has 90 valence electrons. The standard InChI is InChI=1S/C8H10.C7H6F2/c1-7-3-5-8(2)6-4-7;1-5-2-3-6(8)4-7(5)9/h3-6H,1-2H3;2-4H,1H3. The van der Waals surface area contributed by atoms with E-state index in [1.54, 1.807) is 6.92 Å². The highest BCUT2D eigenvalue weighted by Crippen LogP contribution is 2.06. The molecule has 0 fully saturated rings. The molecule has 2 aromatic carbocycles. The summed E-state index contributed by atoms with van der Waals surface area (Å²) >= 11 is 0. The van der Waals surface area contributed by atoms with Crippen molar-refractivity contribution in [1.29, 1.82) is 0 Å². The minimum Gasteiger partial charge on any atom is -0.207 e.